The Morgan fingerprint density at radius 1 is 0.767 bits per heavy atom. The number of ether oxygens (including phenoxy) is 4. The summed E-state index contributed by atoms with van der Waals surface area (Å²) in [5.74, 6) is 1.14. The number of carbonyl (C=O) groups is 1. The molecular weight excluding hydrogens is 380 g/mol. The van der Waals surface area contributed by atoms with Crippen molar-refractivity contribution < 1.29 is 23.7 Å². The first-order valence-electron chi connectivity index (χ1n) is 10.2. The lowest BCUT2D eigenvalue weighted by Gasteiger charge is -2.20. The van der Waals surface area contributed by atoms with Gasteiger partial charge in [-0.05, 0) is 46.2 Å². The standard InChI is InChI=1S/C25H34O5/c1-24(2,3)18-8-12-20(13-9-18)28-17-22(16-27-7)30-23(26)29-21-14-10-19(11-15-21)25(4,5)6/h8-15,22H,16-17H2,1-7H3. The highest BCUT2D eigenvalue weighted by Gasteiger charge is 2.19. The number of carbonyl (C=O) groups excluding carboxylic acids is 1. The third-order valence-corrected chi connectivity index (χ3v) is 4.69. The molecule has 1 atom stereocenters. The Morgan fingerprint density at radius 3 is 1.67 bits per heavy atom. The molecule has 2 aromatic rings. The summed E-state index contributed by atoms with van der Waals surface area (Å²) in [7, 11) is 1.55. The minimum absolute atomic E-state index is 0.0328. The molecule has 0 amide bonds. The summed E-state index contributed by atoms with van der Waals surface area (Å²) in [6.45, 7) is 13.2. The Balaban J connectivity index is 1.90. The van der Waals surface area contributed by atoms with Gasteiger partial charge in [0.25, 0.3) is 0 Å². The minimum atomic E-state index is -0.785. The minimum Gasteiger partial charge on any atom is -0.490 e. The molecule has 0 bridgehead atoms. The van der Waals surface area contributed by atoms with Crippen LogP contribution in [0, 0.1) is 0 Å². The van der Waals surface area contributed by atoms with Crippen LogP contribution in [0.25, 0.3) is 0 Å². The highest BCUT2D eigenvalue weighted by molar-refractivity contribution is 5.64. The van der Waals surface area contributed by atoms with E-state index in [0.29, 0.717) is 11.5 Å². The van der Waals surface area contributed by atoms with Crippen LogP contribution in [0.15, 0.2) is 48.5 Å². The molecule has 0 fully saturated rings. The van der Waals surface area contributed by atoms with Crippen molar-refractivity contribution in [3.8, 4) is 11.5 Å². The molecule has 0 aliphatic heterocycles. The zero-order chi connectivity index (χ0) is 22.4. The predicted molar refractivity (Wildman–Crippen MR) is 119 cm³/mol. The fourth-order valence-electron chi connectivity index (χ4n) is 2.82. The van der Waals surface area contributed by atoms with E-state index in [9.17, 15) is 4.79 Å². The second-order valence-electron chi connectivity index (χ2n) is 9.41. The van der Waals surface area contributed by atoms with Crippen molar-refractivity contribution in [1.29, 1.82) is 0 Å². The molecular formula is C25H34O5. The lowest BCUT2D eigenvalue weighted by molar-refractivity contribution is -0.00485. The van der Waals surface area contributed by atoms with Gasteiger partial charge in [-0.15, -0.1) is 0 Å². The van der Waals surface area contributed by atoms with Crippen LogP contribution in [0.3, 0.4) is 0 Å². The molecule has 0 aromatic heterocycles. The molecule has 2 rings (SSSR count). The quantitative estimate of drug-likeness (QED) is 0.418. The SMILES string of the molecule is COCC(COc1ccc(C(C)(C)C)cc1)OC(=O)Oc1ccc(C(C)(C)C)cc1. The second-order valence-corrected chi connectivity index (χ2v) is 9.41. The van der Waals surface area contributed by atoms with E-state index in [1.807, 2.05) is 36.4 Å². The molecule has 30 heavy (non-hydrogen) atoms. The van der Waals surface area contributed by atoms with Gasteiger partial charge >= 0.3 is 6.16 Å². The topological polar surface area (TPSA) is 54.0 Å². The van der Waals surface area contributed by atoms with E-state index in [1.54, 1.807) is 19.2 Å². The van der Waals surface area contributed by atoms with Gasteiger partial charge in [0.2, 0.25) is 0 Å². The monoisotopic (exact) mass is 414 g/mol. The average Bonchev–Trinajstić information content (AvgIpc) is 2.65. The van der Waals surface area contributed by atoms with Crippen LogP contribution in [0.1, 0.15) is 52.7 Å². The van der Waals surface area contributed by atoms with Crippen molar-refractivity contribution in [2.24, 2.45) is 0 Å². The van der Waals surface area contributed by atoms with Crippen LogP contribution in [0.4, 0.5) is 4.79 Å². The highest BCUT2D eigenvalue weighted by atomic mass is 16.7. The highest BCUT2D eigenvalue weighted by Crippen LogP contribution is 2.25. The van der Waals surface area contributed by atoms with Crippen LogP contribution in [0.2, 0.25) is 0 Å². The first-order valence-corrected chi connectivity index (χ1v) is 10.2. The van der Waals surface area contributed by atoms with Crippen LogP contribution in [-0.4, -0.2) is 32.6 Å². The van der Waals surface area contributed by atoms with Gasteiger partial charge in [-0.1, -0.05) is 65.8 Å². The van der Waals surface area contributed by atoms with Gasteiger partial charge in [-0.3, -0.25) is 0 Å². The molecule has 0 radical (unpaired) electrons. The Hall–Kier alpha value is -2.53. The summed E-state index contributed by atoms with van der Waals surface area (Å²) in [5, 5.41) is 0. The fourth-order valence-corrected chi connectivity index (χ4v) is 2.82. The number of benzene rings is 2. The Kier molecular flexibility index (Phi) is 7.90. The summed E-state index contributed by atoms with van der Waals surface area (Å²) >= 11 is 0. The molecule has 164 valence electrons. The van der Waals surface area contributed by atoms with Gasteiger partial charge in [0.05, 0.1) is 6.61 Å². The molecule has 2 aromatic carbocycles. The summed E-state index contributed by atoms with van der Waals surface area (Å²) < 4.78 is 21.6. The van der Waals surface area contributed by atoms with Gasteiger partial charge in [0, 0.05) is 7.11 Å². The molecule has 0 aliphatic carbocycles. The van der Waals surface area contributed by atoms with E-state index in [-0.39, 0.29) is 24.0 Å². The van der Waals surface area contributed by atoms with Gasteiger partial charge < -0.3 is 18.9 Å². The van der Waals surface area contributed by atoms with E-state index in [0.717, 1.165) is 5.56 Å². The van der Waals surface area contributed by atoms with Gasteiger partial charge in [-0.25, -0.2) is 4.79 Å². The third kappa shape index (κ3) is 7.38. The van der Waals surface area contributed by atoms with Crippen molar-refractivity contribution in [1.82, 2.24) is 0 Å². The molecule has 0 heterocycles. The zero-order valence-corrected chi connectivity index (χ0v) is 19.2. The van der Waals surface area contributed by atoms with Crippen LogP contribution in [0.5, 0.6) is 11.5 Å². The second kappa shape index (κ2) is 9.98. The maximum Gasteiger partial charge on any atom is 0.514 e. The largest absolute Gasteiger partial charge is 0.514 e. The number of methoxy groups -OCH3 is 1. The predicted octanol–water partition coefficient (Wildman–Crippen LogP) is 5.89. The third-order valence-electron chi connectivity index (χ3n) is 4.69. The van der Waals surface area contributed by atoms with Gasteiger partial charge in [0.1, 0.15) is 18.1 Å². The number of hydrogen-bond donors (Lipinski definition) is 0. The molecule has 0 N–H and O–H groups in total. The Labute approximate surface area is 180 Å². The van der Waals surface area contributed by atoms with Crippen molar-refractivity contribution in [2.45, 2.75) is 58.5 Å². The van der Waals surface area contributed by atoms with Crippen LogP contribution < -0.4 is 9.47 Å². The van der Waals surface area contributed by atoms with E-state index in [4.69, 9.17) is 18.9 Å². The molecule has 0 saturated heterocycles. The molecule has 0 saturated carbocycles. The lowest BCUT2D eigenvalue weighted by atomic mass is 9.87. The average molecular weight is 415 g/mol. The van der Waals surface area contributed by atoms with Crippen LogP contribution >= 0.6 is 0 Å². The zero-order valence-electron chi connectivity index (χ0n) is 19.2. The van der Waals surface area contributed by atoms with Crippen molar-refractivity contribution in [3.63, 3.8) is 0 Å². The van der Waals surface area contributed by atoms with Crippen molar-refractivity contribution in [2.75, 3.05) is 20.3 Å². The van der Waals surface area contributed by atoms with Crippen molar-refractivity contribution >= 4 is 6.16 Å². The Bertz CT molecular complexity index is 795. The molecule has 5 heteroatoms. The molecule has 0 spiro atoms. The van der Waals surface area contributed by atoms with Gasteiger partial charge in [0.15, 0.2) is 6.10 Å². The van der Waals surface area contributed by atoms with Crippen LogP contribution in [-0.2, 0) is 20.3 Å². The smallest absolute Gasteiger partial charge is 0.490 e. The maximum atomic E-state index is 12.2. The van der Waals surface area contributed by atoms with Gasteiger partial charge in [-0.2, -0.15) is 0 Å². The number of hydrogen-bond acceptors (Lipinski definition) is 5. The Morgan fingerprint density at radius 2 is 1.23 bits per heavy atom. The summed E-state index contributed by atoms with van der Waals surface area (Å²) in [4.78, 5) is 12.2. The normalized spacial score (nSPS) is 12.9. The van der Waals surface area contributed by atoms with E-state index in [2.05, 4.69) is 41.5 Å². The van der Waals surface area contributed by atoms with E-state index >= 15 is 0 Å². The number of rotatable bonds is 7. The first-order chi connectivity index (χ1) is 14.0. The van der Waals surface area contributed by atoms with Crippen molar-refractivity contribution in [3.05, 3.63) is 59.7 Å². The summed E-state index contributed by atoms with van der Waals surface area (Å²) in [6, 6.07) is 15.3. The summed E-state index contributed by atoms with van der Waals surface area (Å²) in [6.07, 6.45) is -1.37. The molecule has 5 nitrogen and oxygen atoms in total. The molecule has 0 aliphatic rings. The van der Waals surface area contributed by atoms with E-state index < -0.39 is 12.3 Å². The lowest BCUT2D eigenvalue weighted by Crippen LogP contribution is -2.30. The maximum absolute atomic E-state index is 12.2. The van der Waals surface area contributed by atoms with E-state index in [1.165, 1.54) is 5.56 Å². The molecule has 1 unspecified atom stereocenters. The summed E-state index contributed by atoms with van der Waals surface area (Å²) in [5.41, 5.74) is 2.49. The first kappa shape index (κ1) is 23.7. The fraction of sp³-hybridized carbons (Fsp3) is 0.480.